The number of carbonyl (C=O) groups is 2. The number of carboxylic acid groups (broad SMARTS) is 1. The first kappa shape index (κ1) is 17.6. The maximum atomic E-state index is 12.3. The van der Waals surface area contributed by atoms with Crippen LogP contribution in [-0.2, 0) is 19.0 Å². The van der Waals surface area contributed by atoms with Crippen molar-refractivity contribution in [2.75, 3.05) is 26.2 Å². The second kappa shape index (κ2) is 7.05. The number of amides is 1. The maximum Gasteiger partial charge on any atom is 0.454 e. The predicted octanol–water partition coefficient (Wildman–Crippen LogP) is -0.383. The van der Waals surface area contributed by atoms with E-state index in [1.807, 2.05) is 6.08 Å². The zero-order valence-electron chi connectivity index (χ0n) is 14.5. The maximum absolute atomic E-state index is 12.3. The molecular weight excluding hydrogens is 339 g/mol. The molecule has 3 aliphatic heterocycles. The lowest BCUT2D eigenvalue weighted by Crippen LogP contribution is -2.56. The molecule has 1 aliphatic carbocycles. The lowest BCUT2D eigenvalue weighted by atomic mass is 9.71. The number of nitrogens with zero attached hydrogens (tertiary/aromatic N) is 1. The van der Waals surface area contributed by atoms with Gasteiger partial charge in [-0.05, 0) is 31.8 Å². The number of allylic oxidation sites excluding steroid dienone is 1. The molecule has 0 saturated carbocycles. The van der Waals surface area contributed by atoms with Crippen LogP contribution in [0.25, 0.3) is 0 Å². The second-order valence-corrected chi connectivity index (χ2v) is 7.37. The molecule has 9 heteroatoms. The topological polar surface area (TPSA) is 108 Å². The first-order valence-corrected chi connectivity index (χ1v) is 9.18. The third kappa shape index (κ3) is 3.26. The van der Waals surface area contributed by atoms with Gasteiger partial charge in [0.15, 0.2) is 0 Å². The van der Waals surface area contributed by atoms with E-state index in [0.717, 1.165) is 19.5 Å². The Kier molecular flexibility index (Phi) is 4.77. The van der Waals surface area contributed by atoms with E-state index in [0.29, 0.717) is 25.8 Å². The highest BCUT2D eigenvalue weighted by Gasteiger charge is 2.42. The van der Waals surface area contributed by atoms with E-state index in [1.54, 1.807) is 11.0 Å². The van der Waals surface area contributed by atoms with Crippen molar-refractivity contribution < 1.29 is 29.1 Å². The lowest BCUT2D eigenvalue weighted by molar-refractivity contribution is -0.146. The lowest BCUT2D eigenvalue weighted by Gasteiger charge is -2.42. The molecule has 1 amide bonds. The number of carbonyl (C=O) groups excluding carboxylic acids is 1. The highest BCUT2D eigenvalue weighted by Crippen LogP contribution is 2.36. The molecule has 3 heterocycles. The molecule has 3 N–H and O–H groups in total. The summed E-state index contributed by atoms with van der Waals surface area (Å²) < 4.78 is 11.3. The van der Waals surface area contributed by atoms with Crippen molar-refractivity contribution in [3.63, 3.8) is 0 Å². The van der Waals surface area contributed by atoms with Crippen LogP contribution in [0.15, 0.2) is 23.5 Å². The van der Waals surface area contributed by atoms with Crippen molar-refractivity contribution in [1.82, 2.24) is 10.2 Å². The number of ether oxygens (including phenoxy) is 1. The standard InChI is InChI=1S/C17H23BN2O6/c21-16(11-4-6-19-7-11)20-8-12(9-20)25-13-2-1-10-3-5-18(24)26-15(10)14(13)17(22)23/h1-2,10-12,15,19,24H,3-9H2,(H,22,23). The van der Waals surface area contributed by atoms with E-state index in [1.165, 1.54) is 0 Å². The van der Waals surface area contributed by atoms with Crippen molar-refractivity contribution in [1.29, 1.82) is 0 Å². The largest absolute Gasteiger partial charge is 0.486 e. The molecule has 3 unspecified atom stereocenters. The fourth-order valence-electron chi connectivity index (χ4n) is 4.07. The van der Waals surface area contributed by atoms with Crippen LogP contribution in [0.3, 0.4) is 0 Å². The van der Waals surface area contributed by atoms with Crippen LogP contribution in [0.5, 0.6) is 0 Å². The molecule has 3 fully saturated rings. The molecular formula is C17H23BN2O6. The highest BCUT2D eigenvalue weighted by molar-refractivity contribution is 6.43. The molecule has 3 atom stereocenters. The van der Waals surface area contributed by atoms with Gasteiger partial charge in [-0.1, -0.05) is 6.08 Å². The van der Waals surface area contributed by atoms with Gasteiger partial charge in [-0.3, -0.25) is 4.79 Å². The fourth-order valence-corrected chi connectivity index (χ4v) is 4.07. The smallest absolute Gasteiger partial charge is 0.454 e. The van der Waals surface area contributed by atoms with Crippen LogP contribution in [0.4, 0.5) is 0 Å². The Hall–Kier alpha value is -1.84. The zero-order valence-corrected chi connectivity index (χ0v) is 14.5. The van der Waals surface area contributed by atoms with Gasteiger partial charge in [0.1, 0.15) is 17.4 Å². The van der Waals surface area contributed by atoms with Gasteiger partial charge in [0.25, 0.3) is 0 Å². The van der Waals surface area contributed by atoms with Crippen molar-refractivity contribution >= 4 is 19.0 Å². The summed E-state index contributed by atoms with van der Waals surface area (Å²) in [5.74, 6) is -0.714. The molecule has 4 aliphatic rings. The molecule has 0 aromatic rings. The molecule has 0 aromatic heterocycles. The Bertz CT molecular complexity index is 654. The SMILES string of the molecule is O=C(O)C1=C(OC2CN(C(=O)C3CCNC3)C2)C=CC2CCB(O)OC12. The quantitative estimate of drug-likeness (QED) is 0.585. The van der Waals surface area contributed by atoms with Gasteiger partial charge >= 0.3 is 13.1 Å². The van der Waals surface area contributed by atoms with Crippen LogP contribution in [-0.4, -0.2) is 72.4 Å². The average Bonchev–Trinajstić information content (AvgIpc) is 3.10. The summed E-state index contributed by atoms with van der Waals surface area (Å²) in [6, 6.07) is 0. The number of carboxylic acids is 1. The summed E-state index contributed by atoms with van der Waals surface area (Å²) in [6.07, 6.45) is 4.70. The monoisotopic (exact) mass is 362 g/mol. The van der Waals surface area contributed by atoms with E-state index < -0.39 is 19.2 Å². The molecule has 3 saturated heterocycles. The van der Waals surface area contributed by atoms with E-state index >= 15 is 0 Å². The van der Waals surface area contributed by atoms with Crippen molar-refractivity contribution in [3.8, 4) is 0 Å². The third-order valence-corrected chi connectivity index (χ3v) is 5.58. The summed E-state index contributed by atoms with van der Waals surface area (Å²) in [7, 11) is -0.949. The Morgan fingerprint density at radius 1 is 1.35 bits per heavy atom. The van der Waals surface area contributed by atoms with Gasteiger partial charge in [0.2, 0.25) is 5.91 Å². The minimum Gasteiger partial charge on any atom is -0.486 e. The molecule has 0 spiro atoms. The van der Waals surface area contributed by atoms with Gasteiger partial charge in [-0.25, -0.2) is 4.79 Å². The number of aliphatic carboxylic acids is 1. The molecule has 0 aromatic carbocycles. The number of nitrogens with one attached hydrogen (secondary N) is 1. The number of likely N-dealkylation sites (tertiary alicyclic amines) is 1. The minimum atomic E-state index is -1.10. The van der Waals surface area contributed by atoms with Crippen LogP contribution in [0, 0.1) is 11.8 Å². The molecule has 0 radical (unpaired) electrons. The van der Waals surface area contributed by atoms with Gasteiger partial charge in [-0.15, -0.1) is 0 Å². The zero-order chi connectivity index (χ0) is 18.3. The molecule has 26 heavy (non-hydrogen) atoms. The Labute approximate surface area is 152 Å². The number of hydrogen-bond acceptors (Lipinski definition) is 6. The average molecular weight is 362 g/mol. The third-order valence-electron chi connectivity index (χ3n) is 5.58. The first-order chi connectivity index (χ1) is 12.5. The summed E-state index contributed by atoms with van der Waals surface area (Å²) >= 11 is 0. The van der Waals surface area contributed by atoms with Crippen LogP contribution < -0.4 is 5.32 Å². The summed E-state index contributed by atoms with van der Waals surface area (Å²) in [5.41, 5.74) is 0.0565. The first-order valence-electron chi connectivity index (χ1n) is 9.18. The number of fused-ring (bicyclic) bond motifs is 1. The van der Waals surface area contributed by atoms with Crippen molar-refractivity contribution in [2.24, 2.45) is 11.8 Å². The predicted molar refractivity (Wildman–Crippen MR) is 92.0 cm³/mol. The Morgan fingerprint density at radius 3 is 2.85 bits per heavy atom. The van der Waals surface area contributed by atoms with Gasteiger partial charge in [-0.2, -0.15) is 0 Å². The van der Waals surface area contributed by atoms with E-state index in [9.17, 15) is 19.7 Å². The normalized spacial score (nSPS) is 31.7. The van der Waals surface area contributed by atoms with Gasteiger partial charge in [0.05, 0.1) is 25.1 Å². The van der Waals surface area contributed by atoms with Crippen LogP contribution >= 0.6 is 0 Å². The number of hydrogen-bond donors (Lipinski definition) is 3. The van der Waals surface area contributed by atoms with E-state index in [-0.39, 0.29) is 35.2 Å². The molecule has 4 rings (SSSR count). The van der Waals surface area contributed by atoms with Crippen molar-refractivity contribution in [3.05, 3.63) is 23.5 Å². The molecule has 0 bridgehead atoms. The van der Waals surface area contributed by atoms with Crippen LogP contribution in [0.2, 0.25) is 6.32 Å². The van der Waals surface area contributed by atoms with Crippen LogP contribution in [0.1, 0.15) is 12.8 Å². The van der Waals surface area contributed by atoms with Gasteiger partial charge in [0, 0.05) is 12.5 Å². The summed E-state index contributed by atoms with van der Waals surface area (Å²) in [4.78, 5) is 25.8. The van der Waals surface area contributed by atoms with E-state index in [2.05, 4.69) is 5.32 Å². The number of rotatable bonds is 4. The highest BCUT2D eigenvalue weighted by atomic mass is 16.5. The Balaban J connectivity index is 1.40. The molecule has 8 nitrogen and oxygen atoms in total. The van der Waals surface area contributed by atoms with Crippen molar-refractivity contribution in [2.45, 2.75) is 31.4 Å². The van der Waals surface area contributed by atoms with Gasteiger partial charge < -0.3 is 29.7 Å². The Morgan fingerprint density at radius 2 is 2.15 bits per heavy atom. The van der Waals surface area contributed by atoms with E-state index in [4.69, 9.17) is 9.39 Å². The minimum absolute atomic E-state index is 0.0391. The second-order valence-electron chi connectivity index (χ2n) is 7.37. The molecule has 140 valence electrons. The summed E-state index contributed by atoms with van der Waals surface area (Å²) in [6.45, 7) is 2.53. The fraction of sp³-hybridized carbons (Fsp3) is 0.647. The summed E-state index contributed by atoms with van der Waals surface area (Å²) in [5, 5.41) is 22.5.